The zero-order chi connectivity index (χ0) is 38.3. The van der Waals surface area contributed by atoms with Crippen LogP contribution in [0.3, 0.4) is 0 Å². The van der Waals surface area contributed by atoms with E-state index in [1.807, 2.05) is 13.8 Å². The summed E-state index contributed by atoms with van der Waals surface area (Å²) in [5, 5.41) is 17.4. The Morgan fingerprint density at radius 1 is 1.00 bits per heavy atom. The number of alkyl halides is 3. The van der Waals surface area contributed by atoms with E-state index in [2.05, 4.69) is 15.2 Å². The maximum absolute atomic E-state index is 14.5. The molecule has 52 heavy (non-hydrogen) atoms. The number of fused-ring (bicyclic) bond motifs is 1. The van der Waals surface area contributed by atoms with Crippen molar-refractivity contribution in [2.24, 2.45) is 7.05 Å². The van der Waals surface area contributed by atoms with Crippen LogP contribution in [-0.4, -0.2) is 70.6 Å². The van der Waals surface area contributed by atoms with Crippen molar-refractivity contribution in [3.63, 3.8) is 0 Å². The maximum Gasteiger partial charge on any atom is 0.435 e. The Morgan fingerprint density at radius 2 is 1.67 bits per heavy atom. The van der Waals surface area contributed by atoms with E-state index in [-0.39, 0.29) is 53.5 Å². The van der Waals surface area contributed by atoms with Gasteiger partial charge in [-0.05, 0) is 66.2 Å². The van der Waals surface area contributed by atoms with Gasteiger partial charge in [-0.1, -0.05) is 17.7 Å². The van der Waals surface area contributed by atoms with E-state index in [4.69, 9.17) is 9.84 Å². The van der Waals surface area contributed by atoms with E-state index in [1.165, 1.54) is 34.0 Å². The molecule has 0 aliphatic rings. The van der Waals surface area contributed by atoms with E-state index < -0.39 is 45.1 Å². The molecule has 0 bridgehead atoms. The third kappa shape index (κ3) is 8.14. The lowest BCUT2D eigenvalue weighted by molar-refractivity contribution is -0.141. The molecule has 4 heterocycles. The number of aryl methyl sites for hydroxylation is 3. The summed E-state index contributed by atoms with van der Waals surface area (Å²) in [6.45, 7) is 10.6. The van der Waals surface area contributed by atoms with E-state index >= 15 is 0 Å². The number of rotatable bonds is 11. The number of amides is 1. The number of carbonyl (C=O) groups is 2. The van der Waals surface area contributed by atoms with Gasteiger partial charge in [0.15, 0.2) is 11.3 Å². The summed E-state index contributed by atoms with van der Waals surface area (Å²) in [7, 11) is -2.68. The van der Waals surface area contributed by atoms with E-state index in [0.29, 0.717) is 16.8 Å². The van der Waals surface area contributed by atoms with Crippen LogP contribution in [0.15, 0.2) is 60.0 Å². The molecule has 5 aromatic rings. The minimum atomic E-state index is -4.94. The Bertz CT molecular complexity index is 2230. The van der Waals surface area contributed by atoms with Crippen LogP contribution in [0.5, 0.6) is 0 Å². The lowest BCUT2D eigenvalue weighted by Crippen LogP contribution is -2.40. The first-order valence-electron chi connectivity index (χ1n) is 16.4. The number of carbonyl (C=O) groups excluding carboxylic acids is 1. The van der Waals surface area contributed by atoms with Crippen molar-refractivity contribution in [1.82, 2.24) is 33.4 Å². The molecule has 0 unspecified atom stereocenters. The third-order valence-electron chi connectivity index (χ3n) is 8.08. The van der Waals surface area contributed by atoms with Gasteiger partial charge in [-0.15, -0.1) is 0 Å². The number of hydrogen-bond donors (Lipinski definition) is 1. The summed E-state index contributed by atoms with van der Waals surface area (Å²) in [6.07, 6.45) is -0.469. The fourth-order valence-corrected chi connectivity index (χ4v) is 6.94. The Morgan fingerprint density at radius 3 is 2.27 bits per heavy atom. The molecule has 0 atom stereocenters. The molecule has 1 amide bonds. The van der Waals surface area contributed by atoms with Gasteiger partial charge in [-0.2, -0.15) is 23.4 Å². The van der Waals surface area contributed by atoms with Crippen molar-refractivity contribution in [2.75, 3.05) is 0 Å². The molecule has 0 saturated carbocycles. The van der Waals surface area contributed by atoms with Crippen LogP contribution in [0.1, 0.15) is 64.4 Å². The van der Waals surface area contributed by atoms with E-state index in [1.54, 1.807) is 53.1 Å². The Balaban J connectivity index is 1.71. The molecule has 4 aromatic heterocycles. The SMILES string of the molecule is Cc1ccc(S(=O)(=O)n2cc(-c3cn(CCCC(=O)O)nc3C(F)(F)F)c3cc(-c4cn(C)nc4CN(C(=O)OC(C)(C)C)C(C)C)cnc32)cc1. The smallest absolute Gasteiger partial charge is 0.435 e. The molecule has 17 heteroatoms. The number of nitrogens with zero attached hydrogens (tertiary/aromatic N) is 7. The van der Waals surface area contributed by atoms with Crippen molar-refractivity contribution in [2.45, 2.75) is 90.2 Å². The van der Waals surface area contributed by atoms with Crippen LogP contribution < -0.4 is 0 Å². The Hall–Kier alpha value is -5.19. The number of carboxylic acids is 1. The van der Waals surface area contributed by atoms with Crippen LogP contribution in [0, 0.1) is 6.92 Å². The summed E-state index contributed by atoms with van der Waals surface area (Å²) in [5.74, 6) is -1.11. The first-order valence-corrected chi connectivity index (χ1v) is 17.8. The predicted molar refractivity (Wildman–Crippen MR) is 186 cm³/mol. The average molecular weight is 744 g/mol. The third-order valence-corrected chi connectivity index (χ3v) is 9.74. The fourth-order valence-electron chi connectivity index (χ4n) is 5.62. The van der Waals surface area contributed by atoms with Gasteiger partial charge < -0.3 is 9.84 Å². The zero-order valence-corrected chi connectivity index (χ0v) is 30.6. The summed E-state index contributed by atoms with van der Waals surface area (Å²) in [5.41, 5.74) is -0.524. The highest BCUT2D eigenvalue weighted by atomic mass is 32.2. The number of aliphatic carboxylic acids is 1. The second-order valence-electron chi connectivity index (χ2n) is 13.8. The highest BCUT2D eigenvalue weighted by Crippen LogP contribution is 2.41. The number of ether oxygens (including phenoxy) is 1. The fraction of sp³-hybridized carbons (Fsp3) is 0.400. The monoisotopic (exact) mass is 743 g/mol. The molecule has 0 fully saturated rings. The molecule has 0 aliphatic heterocycles. The van der Waals surface area contributed by atoms with Gasteiger partial charge in [0.05, 0.1) is 17.1 Å². The summed E-state index contributed by atoms with van der Waals surface area (Å²) in [4.78, 5) is 30.1. The van der Waals surface area contributed by atoms with Gasteiger partial charge in [0, 0.05) is 78.5 Å². The minimum absolute atomic E-state index is 0.0174. The molecule has 0 aliphatic carbocycles. The van der Waals surface area contributed by atoms with Gasteiger partial charge in [-0.3, -0.25) is 19.1 Å². The van der Waals surface area contributed by atoms with Crippen LogP contribution in [0.2, 0.25) is 0 Å². The van der Waals surface area contributed by atoms with Gasteiger partial charge in [0.25, 0.3) is 10.0 Å². The molecule has 0 radical (unpaired) electrons. The van der Waals surface area contributed by atoms with Crippen molar-refractivity contribution >= 4 is 33.1 Å². The van der Waals surface area contributed by atoms with Crippen molar-refractivity contribution < 1.29 is 41.0 Å². The number of pyridine rings is 1. The Kier molecular flexibility index (Phi) is 10.3. The lowest BCUT2D eigenvalue weighted by Gasteiger charge is -2.29. The average Bonchev–Trinajstić information content (AvgIpc) is 3.73. The minimum Gasteiger partial charge on any atom is -0.481 e. The maximum atomic E-state index is 14.5. The van der Waals surface area contributed by atoms with Crippen molar-refractivity contribution in [3.8, 4) is 22.3 Å². The predicted octanol–water partition coefficient (Wildman–Crippen LogP) is 6.87. The molecular formula is C35H40F3N7O6S. The number of aromatic nitrogens is 6. The van der Waals surface area contributed by atoms with E-state index in [0.717, 1.165) is 26.6 Å². The largest absolute Gasteiger partial charge is 0.481 e. The van der Waals surface area contributed by atoms with Gasteiger partial charge in [-0.25, -0.2) is 22.2 Å². The quantitative estimate of drug-likeness (QED) is 0.153. The molecule has 13 nitrogen and oxygen atoms in total. The molecule has 1 N–H and O–H groups in total. The van der Waals surface area contributed by atoms with Crippen LogP contribution in [0.25, 0.3) is 33.3 Å². The standard InChI is InChI=1S/C35H40F3N7O6S/c1-21(2)44(33(48)51-34(4,5)6)20-29-26(17-42(7)40-29)23-15-25-27(28-18-43(14-8-9-30(46)47)41-31(28)35(36,37)38)19-45(32(25)39-16-23)52(49,50)24-12-10-22(3)11-13-24/h10-13,15-19,21H,8-9,14,20H2,1-7H3,(H,46,47). The highest BCUT2D eigenvalue weighted by Gasteiger charge is 2.39. The topological polar surface area (TPSA) is 154 Å². The van der Waals surface area contributed by atoms with Crippen molar-refractivity contribution in [3.05, 3.63) is 72.1 Å². The van der Waals surface area contributed by atoms with Gasteiger partial charge >= 0.3 is 18.2 Å². The number of hydrogen-bond acceptors (Lipinski definition) is 8. The summed E-state index contributed by atoms with van der Waals surface area (Å²) in [6, 6.07) is 7.27. The molecule has 278 valence electrons. The second-order valence-corrected chi connectivity index (χ2v) is 15.6. The lowest BCUT2D eigenvalue weighted by atomic mass is 10.0. The number of benzene rings is 1. The number of carboxylic acid groups (broad SMARTS) is 1. The second kappa shape index (κ2) is 14.1. The van der Waals surface area contributed by atoms with E-state index in [9.17, 15) is 31.2 Å². The van der Waals surface area contributed by atoms with Crippen molar-refractivity contribution in [1.29, 1.82) is 0 Å². The summed E-state index contributed by atoms with van der Waals surface area (Å²) >= 11 is 0. The molecule has 0 spiro atoms. The normalized spacial score (nSPS) is 12.5. The van der Waals surface area contributed by atoms with Crippen LogP contribution in [0.4, 0.5) is 18.0 Å². The van der Waals surface area contributed by atoms with Crippen LogP contribution >= 0.6 is 0 Å². The van der Waals surface area contributed by atoms with Gasteiger partial charge in [0.2, 0.25) is 0 Å². The highest BCUT2D eigenvalue weighted by molar-refractivity contribution is 7.90. The molecule has 5 rings (SSSR count). The first kappa shape index (κ1) is 38.1. The first-order chi connectivity index (χ1) is 24.2. The molecule has 0 saturated heterocycles. The zero-order valence-electron chi connectivity index (χ0n) is 29.8. The number of halogens is 3. The molecule has 1 aromatic carbocycles. The molecular weight excluding hydrogens is 703 g/mol. The Labute approximate surface area is 298 Å². The van der Waals surface area contributed by atoms with Gasteiger partial charge in [0.1, 0.15) is 5.60 Å². The van der Waals surface area contributed by atoms with Crippen LogP contribution in [-0.2, 0) is 45.9 Å². The summed E-state index contributed by atoms with van der Waals surface area (Å²) < 4.78 is 80.6.